The van der Waals surface area contributed by atoms with E-state index in [0.29, 0.717) is 45.0 Å². The maximum atomic E-state index is 13.4. The smallest absolute Gasteiger partial charge is 0.407 e. The number of carbonyl (C=O) groups excluding carboxylic acids is 2. The van der Waals surface area contributed by atoms with Crippen molar-refractivity contribution in [2.45, 2.75) is 84.7 Å². The average molecular weight is 694 g/mol. The predicted octanol–water partition coefficient (Wildman–Crippen LogP) is 6.64. The molecule has 1 aliphatic heterocycles. The number of anilines is 1. The summed E-state index contributed by atoms with van der Waals surface area (Å²) in [6.07, 6.45) is 2.37. The van der Waals surface area contributed by atoms with Crippen LogP contribution < -0.4 is 15.5 Å². The maximum absolute atomic E-state index is 13.4. The number of rotatable bonds is 12. The molecule has 10 nitrogen and oxygen atoms in total. The Labute approximate surface area is 301 Å². The Hall–Kier alpha value is -4.80. The first-order valence-electron chi connectivity index (χ1n) is 17.6. The zero-order valence-electron chi connectivity index (χ0n) is 30.7. The van der Waals surface area contributed by atoms with Gasteiger partial charge in [-0.05, 0) is 88.4 Å². The van der Waals surface area contributed by atoms with E-state index in [0.717, 1.165) is 52.3 Å². The van der Waals surface area contributed by atoms with E-state index >= 15 is 0 Å². The fraction of sp³-hybridized carbons (Fsp3) is 0.415. The van der Waals surface area contributed by atoms with Crippen LogP contribution in [0.25, 0.3) is 11.3 Å². The third-order valence-electron chi connectivity index (χ3n) is 8.13. The second-order valence-electron chi connectivity index (χ2n) is 14.8. The molecule has 10 heteroatoms. The fourth-order valence-corrected chi connectivity index (χ4v) is 5.85. The lowest BCUT2D eigenvalue weighted by molar-refractivity contribution is -0.157. The lowest BCUT2D eigenvalue weighted by Gasteiger charge is -2.31. The van der Waals surface area contributed by atoms with Crippen molar-refractivity contribution in [2.75, 3.05) is 31.2 Å². The van der Waals surface area contributed by atoms with Gasteiger partial charge in [0.2, 0.25) is 0 Å². The predicted molar refractivity (Wildman–Crippen MR) is 199 cm³/mol. The van der Waals surface area contributed by atoms with Crippen LogP contribution >= 0.6 is 0 Å². The highest BCUT2D eigenvalue weighted by Crippen LogP contribution is 2.26. The molecule has 270 valence electrons. The number of aromatic nitrogens is 2. The van der Waals surface area contributed by atoms with Gasteiger partial charge in [0.25, 0.3) is 0 Å². The molecule has 2 N–H and O–H groups in total. The minimum absolute atomic E-state index is 0.273. The van der Waals surface area contributed by atoms with Crippen LogP contribution in [-0.4, -0.2) is 65.6 Å². The van der Waals surface area contributed by atoms with Crippen LogP contribution in [0.3, 0.4) is 0 Å². The summed E-state index contributed by atoms with van der Waals surface area (Å²) in [7, 11) is 0. The van der Waals surface area contributed by atoms with E-state index in [1.165, 1.54) is 0 Å². The molecule has 0 bridgehead atoms. The summed E-state index contributed by atoms with van der Waals surface area (Å²) in [6.45, 7) is 14.9. The Morgan fingerprint density at radius 2 is 1.55 bits per heavy atom. The van der Waals surface area contributed by atoms with Crippen LogP contribution in [0.15, 0.2) is 85.1 Å². The summed E-state index contributed by atoms with van der Waals surface area (Å²) < 4.78 is 16.9. The van der Waals surface area contributed by atoms with Gasteiger partial charge in [-0.1, -0.05) is 60.7 Å². The first kappa shape index (κ1) is 37.5. The van der Waals surface area contributed by atoms with Gasteiger partial charge in [0.15, 0.2) is 0 Å². The molecule has 1 fully saturated rings. The standard InChI is InChI=1S/C41H51N5O5/c1-40(2,3)50-38(47)35(25-29-11-8-7-9-12-29)43-28-33-23-30(15-16-36(33)46-19-21-49-22-20-46)26-37-42-18-17-34(45-37)32-14-10-13-31(24-32)27-44-39(48)51-41(4,5)6/h7-18,23-24,35,43H,19-22,25-28H2,1-6H3,(H,44,48). The van der Waals surface area contributed by atoms with Crippen molar-refractivity contribution in [3.05, 3.63) is 113 Å². The second kappa shape index (κ2) is 16.9. The topological polar surface area (TPSA) is 115 Å². The molecule has 1 unspecified atom stereocenters. The van der Waals surface area contributed by atoms with E-state index < -0.39 is 23.3 Å². The van der Waals surface area contributed by atoms with Crippen molar-refractivity contribution in [3.63, 3.8) is 0 Å². The Kier molecular flexibility index (Phi) is 12.4. The zero-order valence-corrected chi connectivity index (χ0v) is 30.7. The fourth-order valence-electron chi connectivity index (χ4n) is 5.85. The van der Waals surface area contributed by atoms with Gasteiger partial charge in [0, 0.05) is 50.0 Å². The van der Waals surface area contributed by atoms with Crippen molar-refractivity contribution >= 4 is 17.7 Å². The minimum atomic E-state index is -0.598. The van der Waals surface area contributed by atoms with E-state index in [1.54, 1.807) is 6.20 Å². The zero-order chi connectivity index (χ0) is 36.4. The van der Waals surface area contributed by atoms with Crippen LogP contribution in [0.2, 0.25) is 0 Å². The minimum Gasteiger partial charge on any atom is -0.459 e. The molecular weight excluding hydrogens is 642 g/mol. The molecular formula is C41H51N5O5. The number of esters is 1. The van der Waals surface area contributed by atoms with Crippen molar-refractivity contribution in [1.82, 2.24) is 20.6 Å². The molecule has 5 rings (SSSR count). The quantitative estimate of drug-likeness (QED) is 0.158. The molecule has 0 saturated carbocycles. The summed E-state index contributed by atoms with van der Waals surface area (Å²) in [5.74, 6) is 0.420. The number of benzene rings is 3. The summed E-state index contributed by atoms with van der Waals surface area (Å²) in [5.41, 5.74) is 5.83. The van der Waals surface area contributed by atoms with Crippen LogP contribution in [0.5, 0.6) is 0 Å². The van der Waals surface area contributed by atoms with Crippen molar-refractivity contribution in [2.24, 2.45) is 0 Å². The van der Waals surface area contributed by atoms with E-state index in [-0.39, 0.29) is 5.97 Å². The highest BCUT2D eigenvalue weighted by atomic mass is 16.6. The molecule has 0 aliphatic carbocycles. The van der Waals surface area contributed by atoms with Gasteiger partial charge in [0.1, 0.15) is 23.1 Å². The van der Waals surface area contributed by atoms with Gasteiger partial charge in [0.05, 0.1) is 18.9 Å². The first-order valence-corrected chi connectivity index (χ1v) is 17.6. The van der Waals surface area contributed by atoms with Gasteiger partial charge < -0.3 is 24.4 Å². The summed E-state index contributed by atoms with van der Waals surface area (Å²) in [6, 6.07) is 25.8. The number of hydrogen-bond donors (Lipinski definition) is 2. The summed E-state index contributed by atoms with van der Waals surface area (Å²) in [4.78, 5) is 37.5. The third kappa shape index (κ3) is 11.9. The van der Waals surface area contributed by atoms with Gasteiger partial charge in [-0.25, -0.2) is 14.8 Å². The number of hydrogen-bond acceptors (Lipinski definition) is 9. The van der Waals surface area contributed by atoms with Gasteiger partial charge in [-0.15, -0.1) is 0 Å². The Morgan fingerprint density at radius 1 is 0.824 bits per heavy atom. The molecule has 1 aliphatic rings. The molecule has 1 atom stereocenters. The summed E-state index contributed by atoms with van der Waals surface area (Å²) >= 11 is 0. The molecule has 4 aromatic rings. The first-order chi connectivity index (χ1) is 24.3. The summed E-state index contributed by atoms with van der Waals surface area (Å²) in [5, 5.41) is 6.37. The lowest BCUT2D eigenvalue weighted by Crippen LogP contribution is -2.43. The molecule has 1 aromatic heterocycles. The van der Waals surface area contributed by atoms with E-state index in [2.05, 4.69) is 38.7 Å². The lowest BCUT2D eigenvalue weighted by atomic mass is 10.0. The number of carbonyl (C=O) groups is 2. The van der Waals surface area contributed by atoms with Crippen molar-refractivity contribution in [1.29, 1.82) is 0 Å². The third-order valence-corrected chi connectivity index (χ3v) is 8.13. The number of nitrogens with zero attached hydrogens (tertiary/aromatic N) is 3. The molecule has 0 spiro atoms. The van der Waals surface area contributed by atoms with Crippen LogP contribution in [0.1, 0.15) is 69.6 Å². The molecule has 51 heavy (non-hydrogen) atoms. The molecule has 2 heterocycles. The normalized spacial score (nSPS) is 14.1. The monoisotopic (exact) mass is 693 g/mol. The SMILES string of the molecule is CC(C)(C)OC(=O)NCc1cccc(-c2ccnc(Cc3ccc(N4CCOCC4)c(CNC(Cc4ccccc4)C(=O)OC(C)(C)C)c3)n2)c1. The second-order valence-corrected chi connectivity index (χ2v) is 14.8. The van der Waals surface area contributed by atoms with Crippen molar-refractivity contribution in [3.8, 4) is 11.3 Å². The molecule has 0 radical (unpaired) electrons. The van der Waals surface area contributed by atoms with Crippen LogP contribution in [0, 0.1) is 0 Å². The highest BCUT2D eigenvalue weighted by Gasteiger charge is 2.26. The number of ether oxygens (including phenoxy) is 3. The number of amides is 1. The van der Waals surface area contributed by atoms with E-state index in [1.807, 2.05) is 102 Å². The number of alkyl carbamates (subject to hydrolysis) is 1. The van der Waals surface area contributed by atoms with Gasteiger partial charge >= 0.3 is 12.1 Å². The van der Waals surface area contributed by atoms with E-state index in [4.69, 9.17) is 19.2 Å². The maximum Gasteiger partial charge on any atom is 0.407 e. The number of nitrogens with one attached hydrogen (secondary N) is 2. The Balaban J connectivity index is 1.34. The van der Waals surface area contributed by atoms with Gasteiger partial charge in [-0.2, -0.15) is 0 Å². The van der Waals surface area contributed by atoms with Crippen molar-refractivity contribution < 1.29 is 23.8 Å². The average Bonchev–Trinajstić information content (AvgIpc) is 3.09. The molecule has 1 amide bonds. The van der Waals surface area contributed by atoms with Crippen LogP contribution in [0.4, 0.5) is 10.5 Å². The Morgan fingerprint density at radius 3 is 2.27 bits per heavy atom. The number of morpholine rings is 1. The highest BCUT2D eigenvalue weighted by molar-refractivity contribution is 5.76. The van der Waals surface area contributed by atoms with Crippen LogP contribution in [-0.2, 0) is 44.9 Å². The van der Waals surface area contributed by atoms with Gasteiger partial charge in [-0.3, -0.25) is 10.1 Å². The van der Waals surface area contributed by atoms with E-state index in [9.17, 15) is 9.59 Å². The molecule has 3 aromatic carbocycles. The molecule has 1 saturated heterocycles. The largest absolute Gasteiger partial charge is 0.459 e. The Bertz CT molecular complexity index is 1760.